The Hall–Kier alpha value is -1.46. The van der Waals surface area contributed by atoms with Gasteiger partial charge in [-0.05, 0) is 38.5 Å². The number of urea groups is 1. The van der Waals surface area contributed by atoms with Crippen LogP contribution in [-0.4, -0.2) is 24.5 Å². The van der Waals surface area contributed by atoms with Gasteiger partial charge in [-0.25, -0.2) is 4.79 Å². The Balaban J connectivity index is 2.40. The molecule has 1 unspecified atom stereocenters. The lowest BCUT2D eigenvalue weighted by Gasteiger charge is -2.16. The van der Waals surface area contributed by atoms with Crippen molar-refractivity contribution in [3.8, 4) is 0 Å². The van der Waals surface area contributed by atoms with Crippen LogP contribution in [0.2, 0.25) is 10.0 Å². The summed E-state index contributed by atoms with van der Waals surface area (Å²) in [5.74, 6) is -0.0934. The van der Waals surface area contributed by atoms with Crippen molar-refractivity contribution < 1.29 is 9.59 Å². The summed E-state index contributed by atoms with van der Waals surface area (Å²) in [4.78, 5) is 23.2. The SMILES string of the molecule is CC(C)NC(=O)CCNC(=O)NC(C)c1ccc(Cl)cc1Cl. The number of halogens is 2. The van der Waals surface area contributed by atoms with Crippen molar-refractivity contribution in [3.05, 3.63) is 33.8 Å². The third-order valence-electron chi connectivity index (χ3n) is 2.86. The molecule has 0 aromatic heterocycles. The number of carbonyl (C=O) groups is 2. The lowest BCUT2D eigenvalue weighted by Crippen LogP contribution is -2.39. The molecule has 1 atom stereocenters. The largest absolute Gasteiger partial charge is 0.354 e. The van der Waals surface area contributed by atoms with E-state index in [2.05, 4.69) is 16.0 Å². The standard InChI is InChI=1S/C15H21Cl2N3O2/c1-9(2)19-14(21)6-7-18-15(22)20-10(3)12-5-4-11(16)8-13(12)17/h4-5,8-10H,6-7H2,1-3H3,(H,19,21)(H2,18,20,22). The number of hydrogen-bond donors (Lipinski definition) is 3. The second-order valence-corrected chi connectivity index (χ2v) is 6.10. The molecule has 3 amide bonds. The molecule has 0 aliphatic carbocycles. The predicted molar refractivity (Wildman–Crippen MR) is 89.3 cm³/mol. The highest BCUT2D eigenvalue weighted by molar-refractivity contribution is 6.35. The summed E-state index contributed by atoms with van der Waals surface area (Å²) in [5, 5.41) is 9.20. The van der Waals surface area contributed by atoms with Gasteiger partial charge in [-0.3, -0.25) is 4.79 Å². The Morgan fingerprint density at radius 3 is 2.41 bits per heavy atom. The maximum Gasteiger partial charge on any atom is 0.315 e. The fourth-order valence-electron chi connectivity index (χ4n) is 1.86. The minimum absolute atomic E-state index is 0.0911. The van der Waals surface area contributed by atoms with Crippen molar-refractivity contribution in [2.45, 2.75) is 39.3 Å². The zero-order chi connectivity index (χ0) is 16.7. The Labute approximate surface area is 140 Å². The second kappa shape index (κ2) is 8.86. The van der Waals surface area contributed by atoms with Crippen LogP contribution in [0.4, 0.5) is 4.79 Å². The van der Waals surface area contributed by atoms with Crippen LogP contribution >= 0.6 is 23.2 Å². The summed E-state index contributed by atoms with van der Waals surface area (Å²) in [7, 11) is 0. The van der Waals surface area contributed by atoms with Gasteiger partial charge in [-0.15, -0.1) is 0 Å². The van der Waals surface area contributed by atoms with Crippen LogP contribution in [0.3, 0.4) is 0 Å². The molecule has 0 saturated heterocycles. The van der Waals surface area contributed by atoms with E-state index in [1.165, 1.54) is 0 Å². The monoisotopic (exact) mass is 345 g/mol. The molecule has 1 rings (SSSR count). The molecule has 0 bridgehead atoms. The van der Waals surface area contributed by atoms with Crippen LogP contribution in [0.5, 0.6) is 0 Å². The molecule has 0 spiro atoms. The van der Waals surface area contributed by atoms with Gasteiger partial charge >= 0.3 is 6.03 Å². The van der Waals surface area contributed by atoms with E-state index < -0.39 is 0 Å². The smallest absolute Gasteiger partial charge is 0.315 e. The maximum atomic E-state index is 11.8. The normalized spacial score (nSPS) is 11.9. The zero-order valence-electron chi connectivity index (χ0n) is 12.9. The van der Waals surface area contributed by atoms with Gasteiger partial charge in [-0.2, -0.15) is 0 Å². The molecule has 0 aliphatic rings. The van der Waals surface area contributed by atoms with Crippen LogP contribution in [0, 0.1) is 0 Å². The lowest BCUT2D eigenvalue weighted by molar-refractivity contribution is -0.121. The van der Waals surface area contributed by atoms with E-state index in [0.29, 0.717) is 10.0 Å². The zero-order valence-corrected chi connectivity index (χ0v) is 14.4. The molecule has 0 aliphatic heterocycles. The number of rotatable bonds is 6. The highest BCUT2D eigenvalue weighted by Crippen LogP contribution is 2.25. The summed E-state index contributed by atoms with van der Waals surface area (Å²) in [6, 6.07) is 4.59. The van der Waals surface area contributed by atoms with Gasteiger partial charge in [-0.1, -0.05) is 29.3 Å². The van der Waals surface area contributed by atoms with Crippen LogP contribution in [0.1, 0.15) is 38.8 Å². The van der Waals surface area contributed by atoms with Crippen LogP contribution < -0.4 is 16.0 Å². The Kier molecular flexibility index (Phi) is 7.48. The fourth-order valence-corrected chi connectivity index (χ4v) is 2.43. The van der Waals surface area contributed by atoms with Gasteiger partial charge in [0.05, 0.1) is 6.04 Å². The van der Waals surface area contributed by atoms with Crippen LogP contribution in [0.15, 0.2) is 18.2 Å². The van der Waals surface area contributed by atoms with Crippen molar-refractivity contribution in [2.75, 3.05) is 6.54 Å². The lowest BCUT2D eigenvalue weighted by atomic mass is 10.1. The highest BCUT2D eigenvalue weighted by Gasteiger charge is 2.13. The van der Waals surface area contributed by atoms with E-state index in [9.17, 15) is 9.59 Å². The topological polar surface area (TPSA) is 70.2 Å². The van der Waals surface area contributed by atoms with E-state index in [0.717, 1.165) is 5.56 Å². The fraction of sp³-hybridized carbons (Fsp3) is 0.467. The summed E-state index contributed by atoms with van der Waals surface area (Å²) in [5.41, 5.74) is 0.777. The molecule has 1 aromatic carbocycles. The third kappa shape index (κ3) is 6.54. The molecule has 22 heavy (non-hydrogen) atoms. The van der Waals surface area contributed by atoms with E-state index >= 15 is 0 Å². The number of carbonyl (C=O) groups excluding carboxylic acids is 2. The Bertz CT molecular complexity index is 536. The summed E-state index contributed by atoms with van der Waals surface area (Å²) in [6.45, 7) is 5.86. The van der Waals surface area contributed by atoms with Crippen molar-refractivity contribution in [1.82, 2.24) is 16.0 Å². The van der Waals surface area contributed by atoms with Crippen molar-refractivity contribution in [1.29, 1.82) is 0 Å². The average Bonchev–Trinajstić information content (AvgIpc) is 2.37. The van der Waals surface area contributed by atoms with Gasteiger partial charge in [0.25, 0.3) is 0 Å². The number of nitrogens with one attached hydrogen (secondary N) is 3. The summed E-state index contributed by atoms with van der Waals surface area (Å²) >= 11 is 11.9. The Morgan fingerprint density at radius 1 is 1.14 bits per heavy atom. The van der Waals surface area contributed by atoms with Crippen LogP contribution in [0.25, 0.3) is 0 Å². The third-order valence-corrected chi connectivity index (χ3v) is 3.43. The molecule has 0 saturated carbocycles. The number of amides is 3. The first kappa shape index (κ1) is 18.6. The first-order valence-electron chi connectivity index (χ1n) is 7.08. The van der Waals surface area contributed by atoms with Gasteiger partial charge in [0.2, 0.25) is 5.91 Å². The quantitative estimate of drug-likeness (QED) is 0.740. The van der Waals surface area contributed by atoms with Crippen LogP contribution in [-0.2, 0) is 4.79 Å². The van der Waals surface area contributed by atoms with Gasteiger partial charge in [0, 0.05) is 29.1 Å². The average molecular weight is 346 g/mol. The Morgan fingerprint density at radius 2 is 1.82 bits per heavy atom. The molecule has 0 heterocycles. The molecule has 0 radical (unpaired) electrons. The molecular weight excluding hydrogens is 325 g/mol. The maximum absolute atomic E-state index is 11.8. The van der Waals surface area contributed by atoms with E-state index in [1.807, 2.05) is 20.8 Å². The van der Waals surface area contributed by atoms with Crippen molar-refractivity contribution in [3.63, 3.8) is 0 Å². The first-order chi connectivity index (χ1) is 10.3. The molecule has 1 aromatic rings. The minimum Gasteiger partial charge on any atom is -0.354 e. The van der Waals surface area contributed by atoms with Crippen molar-refractivity contribution >= 4 is 35.1 Å². The number of benzene rings is 1. The molecular formula is C15H21Cl2N3O2. The van der Waals surface area contributed by atoms with E-state index in [1.54, 1.807) is 18.2 Å². The van der Waals surface area contributed by atoms with E-state index in [4.69, 9.17) is 23.2 Å². The molecule has 0 fully saturated rings. The van der Waals surface area contributed by atoms with Crippen molar-refractivity contribution in [2.24, 2.45) is 0 Å². The van der Waals surface area contributed by atoms with Gasteiger partial charge in [0.15, 0.2) is 0 Å². The molecule has 3 N–H and O–H groups in total. The summed E-state index contributed by atoms with van der Waals surface area (Å²) in [6.07, 6.45) is 0.238. The molecule has 7 heteroatoms. The van der Waals surface area contributed by atoms with E-state index in [-0.39, 0.29) is 37.0 Å². The predicted octanol–water partition coefficient (Wildman–Crippen LogP) is 3.27. The minimum atomic E-state index is -0.351. The highest BCUT2D eigenvalue weighted by atomic mass is 35.5. The molecule has 5 nitrogen and oxygen atoms in total. The van der Waals surface area contributed by atoms with Gasteiger partial charge < -0.3 is 16.0 Å². The summed E-state index contributed by atoms with van der Waals surface area (Å²) < 4.78 is 0. The second-order valence-electron chi connectivity index (χ2n) is 5.26. The van der Waals surface area contributed by atoms with Gasteiger partial charge in [0.1, 0.15) is 0 Å². The number of hydrogen-bond acceptors (Lipinski definition) is 2. The molecule has 122 valence electrons. The first-order valence-corrected chi connectivity index (χ1v) is 7.84.